The summed E-state index contributed by atoms with van der Waals surface area (Å²) in [7, 11) is 0. The molecule has 4 aromatic rings. The fourth-order valence-corrected chi connectivity index (χ4v) is 7.95. The first-order valence-corrected chi connectivity index (χ1v) is 21.9. The van der Waals surface area contributed by atoms with Crippen molar-refractivity contribution in [1.82, 2.24) is 20.4 Å². The molecule has 14 heteroatoms. The molecule has 0 spiro atoms. The van der Waals surface area contributed by atoms with Gasteiger partial charge in [0.15, 0.2) is 0 Å². The second kappa shape index (κ2) is 20.7. The lowest BCUT2D eigenvalue weighted by atomic mass is 10.0. The van der Waals surface area contributed by atoms with Gasteiger partial charge < -0.3 is 40.5 Å². The van der Waals surface area contributed by atoms with Crippen molar-refractivity contribution in [3.8, 4) is 11.1 Å². The number of nitrogens with zero attached hydrogens (tertiary/aromatic N) is 2. The molecule has 0 radical (unpaired) electrons. The van der Waals surface area contributed by atoms with Gasteiger partial charge in [-0.15, -0.1) is 0 Å². The summed E-state index contributed by atoms with van der Waals surface area (Å²) in [6.45, 7) is 11.3. The van der Waals surface area contributed by atoms with E-state index in [0.29, 0.717) is 50.1 Å². The smallest absolute Gasteiger partial charge is 0.408 e. The minimum Gasteiger partial charge on any atom is -0.444 e. The molecule has 4 N–H and O–H groups in total. The van der Waals surface area contributed by atoms with E-state index in [2.05, 4.69) is 21.3 Å². The highest BCUT2D eigenvalue weighted by Crippen LogP contribution is 2.27. The maximum atomic E-state index is 14.0. The highest BCUT2D eigenvalue weighted by atomic mass is 16.6. The van der Waals surface area contributed by atoms with Gasteiger partial charge in [-0.05, 0) is 114 Å². The second-order valence-corrected chi connectivity index (χ2v) is 18.3. The Morgan fingerprint density at radius 2 is 0.875 bits per heavy atom. The minimum absolute atomic E-state index is 0.241. The van der Waals surface area contributed by atoms with E-state index in [-0.39, 0.29) is 36.5 Å². The average molecular weight is 873 g/mol. The van der Waals surface area contributed by atoms with Gasteiger partial charge in [-0.2, -0.15) is 0 Å². The lowest BCUT2D eigenvalue weighted by Crippen LogP contribution is -2.54. The average Bonchev–Trinajstić information content (AvgIpc) is 3.94. The van der Waals surface area contributed by atoms with Crippen molar-refractivity contribution in [1.29, 1.82) is 0 Å². The molecule has 0 aromatic heterocycles. The van der Waals surface area contributed by atoms with Gasteiger partial charge in [0.25, 0.3) is 0 Å². The van der Waals surface area contributed by atoms with Crippen LogP contribution in [0, 0.1) is 0 Å². The maximum absolute atomic E-state index is 14.0. The van der Waals surface area contributed by atoms with Gasteiger partial charge in [0.2, 0.25) is 23.6 Å². The molecule has 0 unspecified atom stereocenters. The zero-order chi connectivity index (χ0) is 46.0. The maximum Gasteiger partial charge on any atom is 0.408 e. The molecule has 2 fully saturated rings. The molecule has 4 aromatic carbocycles. The summed E-state index contributed by atoms with van der Waals surface area (Å²) in [5, 5.41) is 11.4. The van der Waals surface area contributed by atoms with Gasteiger partial charge in [0, 0.05) is 37.3 Å². The van der Waals surface area contributed by atoms with Crippen molar-refractivity contribution >= 4 is 47.2 Å². The first-order chi connectivity index (χ1) is 30.4. The molecule has 6 amide bonds. The number of carbonyl (C=O) groups is 6. The lowest BCUT2D eigenvalue weighted by molar-refractivity contribution is -0.138. The van der Waals surface area contributed by atoms with E-state index >= 15 is 0 Å². The molecule has 64 heavy (non-hydrogen) atoms. The van der Waals surface area contributed by atoms with Crippen LogP contribution < -0.4 is 21.3 Å². The molecule has 2 saturated heterocycles. The summed E-state index contributed by atoms with van der Waals surface area (Å²) in [5.74, 6) is -1.33. The SMILES string of the molecule is CC(C)(C)OC(=O)N[C@@H](Cc1ccccc1)C(=O)N1CCC[C@H]1C(=O)Nc1ccc(-c2ccc(NC(=O)[C@@H]3CCCN3C(=O)[C@H](Cc3ccccc3)NC(=O)OC(C)(C)C)cc2)cc1. The van der Waals surface area contributed by atoms with E-state index in [9.17, 15) is 28.8 Å². The van der Waals surface area contributed by atoms with E-state index in [1.54, 1.807) is 75.6 Å². The highest BCUT2D eigenvalue weighted by molar-refractivity contribution is 6.00. The molecule has 2 aliphatic heterocycles. The Balaban J connectivity index is 1.05. The Kier molecular flexibility index (Phi) is 15.1. The summed E-state index contributed by atoms with van der Waals surface area (Å²) in [6.07, 6.45) is 1.33. The Morgan fingerprint density at radius 1 is 0.531 bits per heavy atom. The standard InChI is InChI=1S/C50H60N6O8/c1-49(2,3)63-47(61)53-39(31-33-15-9-7-10-16-33)45(59)55-29-13-19-41(55)43(57)51-37-25-21-35(22-26-37)36-23-27-38(28-24-36)52-44(58)42-20-14-30-56(42)46(60)40(32-34-17-11-8-12-18-34)54-48(62)64-50(4,5)6/h7-12,15-18,21-28,39-42H,13-14,19-20,29-32H2,1-6H3,(H,51,57)(H,52,58)(H,53,61)(H,54,62)/t39-,40-,41-,42-/m0/s1. The zero-order valence-electron chi connectivity index (χ0n) is 37.5. The Labute approximate surface area is 375 Å². The number of nitrogens with one attached hydrogen (secondary N) is 4. The number of ether oxygens (including phenoxy) is 2. The molecule has 338 valence electrons. The number of rotatable bonds is 13. The third-order valence-corrected chi connectivity index (χ3v) is 10.9. The van der Waals surface area contributed by atoms with Crippen molar-refractivity contribution in [2.24, 2.45) is 0 Å². The van der Waals surface area contributed by atoms with Gasteiger partial charge in [-0.25, -0.2) is 9.59 Å². The van der Waals surface area contributed by atoms with Crippen molar-refractivity contribution in [2.75, 3.05) is 23.7 Å². The van der Waals surface area contributed by atoms with Crippen LogP contribution in [0.25, 0.3) is 11.1 Å². The second-order valence-electron chi connectivity index (χ2n) is 18.3. The summed E-state index contributed by atoms with van der Waals surface area (Å²) < 4.78 is 10.9. The van der Waals surface area contributed by atoms with Crippen LogP contribution in [0.5, 0.6) is 0 Å². The van der Waals surface area contributed by atoms with Crippen molar-refractivity contribution in [2.45, 2.75) is 115 Å². The normalized spacial score (nSPS) is 17.2. The molecule has 14 nitrogen and oxygen atoms in total. The zero-order valence-corrected chi connectivity index (χ0v) is 37.5. The van der Waals surface area contributed by atoms with Crippen LogP contribution in [0.15, 0.2) is 109 Å². The molecule has 0 bridgehead atoms. The van der Waals surface area contributed by atoms with Crippen LogP contribution in [0.1, 0.15) is 78.4 Å². The molecular formula is C50H60N6O8. The molecule has 2 heterocycles. The van der Waals surface area contributed by atoms with Crippen LogP contribution >= 0.6 is 0 Å². The third kappa shape index (κ3) is 13.2. The quantitative estimate of drug-likeness (QED) is 0.107. The molecule has 4 atom stereocenters. The van der Waals surface area contributed by atoms with E-state index < -0.39 is 47.6 Å². The lowest BCUT2D eigenvalue weighted by Gasteiger charge is -2.29. The van der Waals surface area contributed by atoms with E-state index in [1.165, 1.54) is 0 Å². The first kappa shape index (κ1) is 46.8. The molecular weight excluding hydrogens is 813 g/mol. The van der Waals surface area contributed by atoms with Crippen LogP contribution in [-0.4, -0.2) is 94.1 Å². The molecule has 2 aliphatic rings. The predicted molar refractivity (Wildman–Crippen MR) is 245 cm³/mol. The first-order valence-electron chi connectivity index (χ1n) is 21.9. The van der Waals surface area contributed by atoms with Crippen LogP contribution in [0.4, 0.5) is 21.0 Å². The highest BCUT2D eigenvalue weighted by Gasteiger charge is 2.40. The Hall–Kier alpha value is -6.70. The predicted octanol–water partition coefficient (Wildman–Crippen LogP) is 7.48. The van der Waals surface area contributed by atoms with Gasteiger partial charge in [-0.1, -0.05) is 84.9 Å². The van der Waals surface area contributed by atoms with Crippen molar-refractivity contribution < 1.29 is 38.2 Å². The molecule has 0 aliphatic carbocycles. The number of anilines is 2. The van der Waals surface area contributed by atoms with Crippen molar-refractivity contribution in [3.05, 3.63) is 120 Å². The summed E-state index contributed by atoms with van der Waals surface area (Å²) in [6, 6.07) is 30.2. The van der Waals surface area contributed by atoms with E-state index in [1.807, 2.05) is 84.9 Å². The molecule has 0 saturated carbocycles. The number of amides is 6. The van der Waals surface area contributed by atoms with Gasteiger partial charge in [0.1, 0.15) is 35.4 Å². The fourth-order valence-electron chi connectivity index (χ4n) is 7.95. The summed E-state index contributed by atoms with van der Waals surface area (Å²) in [4.78, 5) is 83.9. The third-order valence-electron chi connectivity index (χ3n) is 10.9. The van der Waals surface area contributed by atoms with Crippen molar-refractivity contribution in [3.63, 3.8) is 0 Å². The Bertz CT molecular complexity index is 2090. The number of hydrogen-bond acceptors (Lipinski definition) is 8. The van der Waals surface area contributed by atoms with Gasteiger partial charge in [-0.3, -0.25) is 19.2 Å². The fraction of sp³-hybridized carbons (Fsp3) is 0.400. The van der Waals surface area contributed by atoms with Gasteiger partial charge >= 0.3 is 12.2 Å². The topological polar surface area (TPSA) is 175 Å². The number of likely N-dealkylation sites (tertiary alicyclic amines) is 2. The molecule has 6 rings (SSSR count). The van der Waals surface area contributed by atoms with E-state index in [0.717, 1.165) is 22.3 Å². The van der Waals surface area contributed by atoms with Crippen LogP contribution in [-0.2, 0) is 41.5 Å². The van der Waals surface area contributed by atoms with Gasteiger partial charge in [0.05, 0.1) is 0 Å². The van der Waals surface area contributed by atoms with Crippen LogP contribution in [0.2, 0.25) is 0 Å². The largest absolute Gasteiger partial charge is 0.444 e. The number of hydrogen-bond donors (Lipinski definition) is 4. The van der Waals surface area contributed by atoms with E-state index in [4.69, 9.17) is 9.47 Å². The summed E-state index contributed by atoms with van der Waals surface area (Å²) >= 11 is 0. The monoisotopic (exact) mass is 872 g/mol. The number of alkyl carbamates (subject to hydrolysis) is 2. The number of benzene rings is 4. The number of carbonyl (C=O) groups excluding carboxylic acids is 6. The summed E-state index contributed by atoms with van der Waals surface area (Å²) in [5.41, 5.74) is 3.10. The van der Waals surface area contributed by atoms with Crippen LogP contribution in [0.3, 0.4) is 0 Å². The minimum atomic E-state index is -0.927. The Morgan fingerprint density at radius 3 is 1.20 bits per heavy atom.